The van der Waals surface area contributed by atoms with Crippen LogP contribution in [0, 0.1) is 0 Å². The minimum Gasteiger partial charge on any atom is -0.481 e. The molecule has 0 spiro atoms. The molecular formula is C11H9BrN2O3S. The van der Waals surface area contributed by atoms with Crippen LogP contribution in [0.1, 0.15) is 5.89 Å². The van der Waals surface area contributed by atoms with Crippen molar-refractivity contribution in [2.45, 2.75) is 5.75 Å². The molecule has 1 aromatic heterocycles. The van der Waals surface area contributed by atoms with Gasteiger partial charge in [0.1, 0.15) is 0 Å². The molecule has 18 heavy (non-hydrogen) atoms. The van der Waals surface area contributed by atoms with E-state index in [1.807, 2.05) is 24.3 Å². The van der Waals surface area contributed by atoms with Gasteiger partial charge in [0.2, 0.25) is 11.7 Å². The molecule has 1 aromatic carbocycles. The van der Waals surface area contributed by atoms with E-state index in [1.54, 1.807) is 0 Å². The minimum absolute atomic E-state index is 0.0238. The highest BCUT2D eigenvalue weighted by atomic mass is 79.9. The first-order valence-corrected chi connectivity index (χ1v) is 6.98. The molecule has 0 aliphatic carbocycles. The molecule has 1 N–H and O–H groups in total. The summed E-state index contributed by atoms with van der Waals surface area (Å²) in [6.45, 7) is 0. The lowest BCUT2D eigenvalue weighted by atomic mass is 10.2. The average molecular weight is 329 g/mol. The fraction of sp³-hybridized carbons (Fsp3) is 0.182. The quantitative estimate of drug-likeness (QED) is 0.909. The number of carboxylic acids is 1. The van der Waals surface area contributed by atoms with E-state index in [-0.39, 0.29) is 5.75 Å². The summed E-state index contributed by atoms with van der Waals surface area (Å²) in [7, 11) is 0. The highest BCUT2D eigenvalue weighted by Crippen LogP contribution is 2.20. The van der Waals surface area contributed by atoms with Crippen LogP contribution >= 0.6 is 27.7 Å². The average Bonchev–Trinajstić information content (AvgIpc) is 2.78. The smallest absolute Gasteiger partial charge is 0.313 e. The van der Waals surface area contributed by atoms with Crippen LogP contribution in [-0.4, -0.2) is 27.0 Å². The molecule has 7 heteroatoms. The van der Waals surface area contributed by atoms with Gasteiger partial charge in [-0.1, -0.05) is 21.1 Å². The van der Waals surface area contributed by atoms with Gasteiger partial charge < -0.3 is 9.63 Å². The Hall–Kier alpha value is -1.34. The first-order chi connectivity index (χ1) is 8.65. The van der Waals surface area contributed by atoms with E-state index in [0.717, 1.165) is 10.0 Å². The van der Waals surface area contributed by atoms with Crippen molar-refractivity contribution in [2.24, 2.45) is 0 Å². The normalized spacial score (nSPS) is 10.5. The second kappa shape index (κ2) is 6.01. The highest BCUT2D eigenvalue weighted by Gasteiger charge is 2.09. The first-order valence-electron chi connectivity index (χ1n) is 5.03. The number of benzene rings is 1. The highest BCUT2D eigenvalue weighted by molar-refractivity contribution is 9.10. The zero-order valence-electron chi connectivity index (χ0n) is 9.17. The van der Waals surface area contributed by atoms with Gasteiger partial charge in [-0.2, -0.15) is 4.98 Å². The summed E-state index contributed by atoms with van der Waals surface area (Å²) in [5.74, 6) is 0.506. The first kappa shape index (κ1) is 13.1. The van der Waals surface area contributed by atoms with Gasteiger partial charge in [-0.25, -0.2) is 0 Å². The number of hydrogen-bond acceptors (Lipinski definition) is 5. The minimum atomic E-state index is -0.854. The third-order valence-electron chi connectivity index (χ3n) is 2.02. The number of carboxylic acid groups (broad SMARTS) is 1. The largest absolute Gasteiger partial charge is 0.481 e. The van der Waals surface area contributed by atoms with Gasteiger partial charge in [0, 0.05) is 10.0 Å². The Bertz CT molecular complexity index is 541. The molecule has 0 radical (unpaired) electrons. The van der Waals surface area contributed by atoms with Crippen molar-refractivity contribution in [2.75, 3.05) is 5.75 Å². The molecule has 0 saturated heterocycles. The topological polar surface area (TPSA) is 76.2 Å². The van der Waals surface area contributed by atoms with Gasteiger partial charge in [-0.15, -0.1) is 11.8 Å². The van der Waals surface area contributed by atoms with Crippen molar-refractivity contribution in [3.63, 3.8) is 0 Å². The van der Waals surface area contributed by atoms with Crippen molar-refractivity contribution in [3.05, 3.63) is 34.6 Å². The molecule has 0 aliphatic rings. The van der Waals surface area contributed by atoms with Gasteiger partial charge in [0.05, 0.1) is 11.5 Å². The standard InChI is InChI=1S/C11H9BrN2O3S/c12-8-3-1-7(2-4-8)11-13-9(17-14-11)5-18-6-10(15)16/h1-4H,5-6H2,(H,15,16). The van der Waals surface area contributed by atoms with E-state index in [0.29, 0.717) is 17.5 Å². The Kier molecular flexibility index (Phi) is 4.38. The molecule has 0 atom stereocenters. The summed E-state index contributed by atoms with van der Waals surface area (Å²) in [5.41, 5.74) is 0.858. The van der Waals surface area contributed by atoms with E-state index in [1.165, 1.54) is 11.8 Å². The Morgan fingerprint density at radius 3 is 2.78 bits per heavy atom. The number of rotatable bonds is 5. The van der Waals surface area contributed by atoms with Crippen molar-refractivity contribution in [3.8, 4) is 11.4 Å². The second-order valence-electron chi connectivity index (χ2n) is 3.41. The maximum absolute atomic E-state index is 10.4. The maximum atomic E-state index is 10.4. The van der Waals surface area contributed by atoms with Crippen LogP contribution in [0.5, 0.6) is 0 Å². The Balaban J connectivity index is 2.01. The number of aromatic nitrogens is 2. The summed E-state index contributed by atoms with van der Waals surface area (Å²) in [4.78, 5) is 14.6. The molecule has 0 saturated carbocycles. The number of halogens is 1. The van der Waals surface area contributed by atoms with Crippen LogP contribution in [-0.2, 0) is 10.5 Å². The summed E-state index contributed by atoms with van der Waals surface area (Å²) in [6.07, 6.45) is 0. The Morgan fingerprint density at radius 2 is 2.11 bits per heavy atom. The predicted octanol–water partition coefficient (Wildman–Crippen LogP) is 2.82. The Morgan fingerprint density at radius 1 is 1.39 bits per heavy atom. The van der Waals surface area contributed by atoms with Crippen molar-refractivity contribution in [1.29, 1.82) is 0 Å². The summed E-state index contributed by atoms with van der Waals surface area (Å²) >= 11 is 4.57. The number of thioether (sulfide) groups is 1. The molecule has 0 amide bonds. The maximum Gasteiger partial charge on any atom is 0.313 e. The van der Waals surface area contributed by atoms with Crippen molar-refractivity contribution < 1.29 is 14.4 Å². The second-order valence-corrected chi connectivity index (χ2v) is 5.31. The van der Waals surface area contributed by atoms with Crippen molar-refractivity contribution >= 4 is 33.7 Å². The molecule has 0 aliphatic heterocycles. The van der Waals surface area contributed by atoms with Gasteiger partial charge >= 0.3 is 5.97 Å². The zero-order chi connectivity index (χ0) is 13.0. The van der Waals surface area contributed by atoms with E-state index in [2.05, 4.69) is 26.1 Å². The SMILES string of the molecule is O=C(O)CSCc1nc(-c2ccc(Br)cc2)no1. The van der Waals surface area contributed by atoms with Crippen LogP contribution in [0.3, 0.4) is 0 Å². The van der Waals surface area contributed by atoms with E-state index in [9.17, 15) is 4.79 Å². The lowest BCUT2D eigenvalue weighted by Crippen LogP contribution is -1.98. The van der Waals surface area contributed by atoms with Crippen LogP contribution in [0.2, 0.25) is 0 Å². The van der Waals surface area contributed by atoms with Crippen LogP contribution < -0.4 is 0 Å². The number of hydrogen-bond donors (Lipinski definition) is 1. The molecule has 94 valence electrons. The summed E-state index contributed by atoms with van der Waals surface area (Å²) in [6, 6.07) is 7.54. The lowest BCUT2D eigenvalue weighted by molar-refractivity contribution is -0.133. The van der Waals surface area contributed by atoms with Gasteiger partial charge in [-0.05, 0) is 24.3 Å². The van der Waals surface area contributed by atoms with Crippen LogP contribution in [0.15, 0.2) is 33.3 Å². The van der Waals surface area contributed by atoms with E-state index in [4.69, 9.17) is 9.63 Å². The number of aliphatic carboxylic acids is 1. The molecular weight excluding hydrogens is 320 g/mol. The third kappa shape index (κ3) is 3.58. The predicted molar refractivity (Wildman–Crippen MR) is 71.2 cm³/mol. The van der Waals surface area contributed by atoms with Gasteiger partial charge in [0.15, 0.2) is 0 Å². The monoisotopic (exact) mass is 328 g/mol. The molecule has 0 bridgehead atoms. The molecule has 2 aromatic rings. The summed E-state index contributed by atoms with van der Waals surface area (Å²) in [5, 5.41) is 12.4. The Labute approximate surface area is 116 Å². The fourth-order valence-electron chi connectivity index (χ4n) is 1.26. The fourth-order valence-corrected chi connectivity index (χ4v) is 2.09. The molecule has 0 unspecified atom stereocenters. The number of carbonyl (C=O) groups is 1. The van der Waals surface area contributed by atoms with E-state index >= 15 is 0 Å². The summed E-state index contributed by atoms with van der Waals surface area (Å²) < 4.78 is 6.02. The molecule has 0 fully saturated rings. The van der Waals surface area contributed by atoms with Gasteiger partial charge in [0.25, 0.3) is 0 Å². The lowest BCUT2D eigenvalue weighted by Gasteiger charge is -1.93. The number of nitrogens with zero attached hydrogens (tertiary/aromatic N) is 2. The van der Waals surface area contributed by atoms with E-state index < -0.39 is 5.97 Å². The molecule has 2 rings (SSSR count). The third-order valence-corrected chi connectivity index (χ3v) is 3.45. The van der Waals surface area contributed by atoms with Gasteiger partial charge in [-0.3, -0.25) is 4.79 Å². The molecule has 1 heterocycles. The van der Waals surface area contributed by atoms with Crippen LogP contribution in [0.4, 0.5) is 0 Å². The molecule has 5 nitrogen and oxygen atoms in total. The van der Waals surface area contributed by atoms with Crippen molar-refractivity contribution in [1.82, 2.24) is 10.1 Å². The van der Waals surface area contributed by atoms with Crippen LogP contribution in [0.25, 0.3) is 11.4 Å². The zero-order valence-corrected chi connectivity index (χ0v) is 11.6.